The molecule has 0 aliphatic carbocycles. The van der Waals surface area contributed by atoms with Gasteiger partial charge in [0.2, 0.25) is 5.91 Å². The number of hydrazine groups is 1. The van der Waals surface area contributed by atoms with Gasteiger partial charge < -0.3 is 5.32 Å². The average Bonchev–Trinajstić information content (AvgIpc) is 3.35. The van der Waals surface area contributed by atoms with Gasteiger partial charge in [-0.2, -0.15) is 5.10 Å². The number of aromatic nitrogens is 4. The number of hydrogen-bond donors (Lipinski definition) is 3. The van der Waals surface area contributed by atoms with Crippen molar-refractivity contribution in [2.24, 2.45) is 0 Å². The smallest absolute Gasteiger partial charge is 0.242 e. The molecule has 3 heterocycles. The maximum Gasteiger partial charge on any atom is 0.242 e. The van der Waals surface area contributed by atoms with Crippen LogP contribution in [0.25, 0.3) is 5.82 Å². The van der Waals surface area contributed by atoms with Crippen molar-refractivity contribution in [3.05, 3.63) is 66.6 Å². The molecule has 2 atom stereocenters. The van der Waals surface area contributed by atoms with E-state index < -0.39 is 6.04 Å². The molecular weight excluding hydrogens is 337 g/mol. The van der Waals surface area contributed by atoms with Crippen molar-refractivity contribution in [3.8, 4) is 5.82 Å². The van der Waals surface area contributed by atoms with Gasteiger partial charge in [0, 0.05) is 6.04 Å². The second-order valence-electron chi connectivity index (χ2n) is 5.92. The van der Waals surface area contributed by atoms with E-state index in [1.54, 1.807) is 36.8 Å². The maximum absolute atomic E-state index is 13.0. The van der Waals surface area contributed by atoms with E-state index in [4.69, 9.17) is 0 Å². The summed E-state index contributed by atoms with van der Waals surface area (Å²) in [6, 6.07) is 9.27. The normalized spacial score (nSPS) is 19.4. The fourth-order valence-electron chi connectivity index (χ4n) is 2.79. The number of amides is 1. The van der Waals surface area contributed by atoms with Crippen LogP contribution in [0.5, 0.6) is 0 Å². The molecule has 8 nitrogen and oxygen atoms in total. The van der Waals surface area contributed by atoms with Crippen LogP contribution in [0.4, 0.5) is 10.1 Å². The largest absolute Gasteiger partial charge is 0.323 e. The van der Waals surface area contributed by atoms with Crippen LogP contribution in [0.1, 0.15) is 18.0 Å². The molecule has 2 aromatic heterocycles. The fourth-order valence-corrected chi connectivity index (χ4v) is 2.79. The van der Waals surface area contributed by atoms with Crippen LogP contribution >= 0.6 is 0 Å². The highest BCUT2D eigenvalue weighted by Gasteiger charge is 2.30. The molecule has 1 aliphatic heterocycles. The Labute approximate surface area is 148 Å². The summed E-state index contributed by atoms with van der Waals surface area (Å²) < 4.78 is 14.6. The summed E-state index contributed by atoms with van der Waals surface area (Å²) in [5.74, 6) is 0.158. The Balaban J connectivity index is 1.37. The molecule has 1 aromatic carbocycles. The molecule has 1 amide bonds. The third-order valence-electron chi connectivity index (χ3n) is 4.16. The predicted octanol–water partition coefficient (Wildman–Crippen LogP) is 1.35. The molecule has 132 valence electrons. The van der Waals surface area contributed by atoms with Crippen molar-refractivity contribution in [3.63, 3.8) is 0 Å². The van der Waals surface area contributed by atoms with Crippen LogP contribution in [-0.4, -0.2) is 31.7 Å². The molecule has 0 saturated carbocycles. The molecule has 1 aliphatic rings. The molecule has 2 unspecified atom stereocenters. The number of pyridine rings is 1. The minimum Gasteiger partial charge on any atom is -0.323 e. The van der Waals surface area contributed by atoms with Gasteiger partial charge >= 0.3 is 0 Å². The van der Waals surface area contributed by atoms with E-state index in [2.05, 4.69) is 31.2 Å². The Morgan fingerprint density at radius 1 is 1.19 bits per heavy atom. The summed E-state index contributed by atoms with van der Waals surface area (Å²) in [5, 5.41) is 6.82. The summed E-state index contributed by atoms with van der Waals surface area (Å²) >= 11 is 0. The Kier molecular flexibility index (Phi) is 4.38. The van der Waals surface area contributed by atoms with Crippen LogP contribution in [-0.2, 0) is 4.79 Å². The van der Waals surface area contributed by atoms with Gasteiger partial charge in [-0.3, -0.25) is 4.79 Å². The molecule has 0 spiro atoms. The Morgan fingerprint density at radius 2 is 2.04 bits per heavy atom. The van der Waals surface area contributed by atoms with Crippen LogP contribution < -0.4 is 16.2 Å². The minimum absolute atomic E-state index is 0.0563. The highest BCUT2D eigenvalue weighted by Crippen LogP contribution is 2.23. The second kappa shape index (κ2) is 6.98. The number of nitrogens with zero attached hydrogens (tertiary/aromatic N) is 4. The zero-order chi connectivity index (χ0) is 17.9. The Hall–Kier alpha value is -3.17. The van der Waals surface area contributed by atoms with Crippen LogP contribution in [0.15, 0.2) is 55.2 Å². The van der Waals surface area contributed by atoms with Crippen molar-refractivity contribution in [2.45, 2.75) is 18.5 Å². The van der Waals surface area contributed by atoms with E-state index in [1.807, 2.05) is 0 Å². The first kappa shape index (κ1) is 16.3. The number of hydrogen-bond acceptors (Lipinski definition) is 6. The number of rotatable bonds is 4. The van der Waals surface area contributed by atoms with Crippen LogP contribution in [0, 0.1) is 5.82 Å². The number of carbonyl (C=O) groups is 1. The first-order valence-electron chi connectivity index (χ1n) is 8.07. The third-order valence-corrected chi connectivity index (χ3v) is 4.16. The lowest BCUT2D eigenvalue weighted by molar-refractivity contribution is -0.117. The van der Waals surface area contributed by atoms with E-state index in [1.165, 1.54) is 23.1 Å². The van der Waals surface area contributed by atoms with Gasteiger partial charge in [0.25, 0.3) is 0 Å². The quantitative estimate of drug-likeness (QED) is 0.655. The third kappa shape index (κ3) is 3.44. The molecular formula is C17H16FN7O. The minimum atomic E-state index is -0.403. The number of halogens is 1. The van der Waals surface area contributed by atoms with Crippen LogP contribution in [0.2, 0.25) is 0 Å². The molecule has 26 heavy (non-hydrogen) atoms. The van der Waals surface area contributed by atoms with Gasteiger partial charge in [-0.15, -0.1) is 0 Å². The molecule has 3 aromatic rings. The summed E-state index contributed by atoms with van der Waals surface area (Å²) in [7, 11) is 0. The first-order chi connectivity index (χ1) is 12.7. The van der Waals surface area contributed by atoms with Crippen molar-refractivity contribution in [2.75, 3.05) is 5.32 Å². The highest BCUT2D eigenvalue weighted by molar-refractivity contribution is 5.94. The lowest BCUT2D eigenvalue weighted by Gasteiger charge is -2.11. The molecule has 0 bridgehead atoms. The summed E-state index contributed by atoms with van der Waals surface area (Å²) in [5.41, 5.74) is 7.56. The number of carbonyl (C=O) groups excluding carboxylic acids is 1. The zero-order valence-electron chi connectivity index (χ0n) is 13.6. The van der Waals surface area contributed by atoms with E-state index >= 15 is 0 Å². The molecule has 0 radical (unpaired) electrons. The highest BCUT2D eigenvalue weighted by atomic mass is 19.1. The second-order valence-corrected chi connectivity index (χ2v) is 5.92. The van der Waals surface area contributed by atoms with Crippen molar-refractivity contribution < 1.29 is 9.18 Å². The van der Waals surface area contributed by atoms with Gasteiger partial charge in [-0.1, -0.05) is 12.1 Å². The van der Waals surface area contributed by atoms with E-state index in [0.29, 0.717) is 17.9 Å². The number of nitrogens with one attached hydrogen (secondary N) is 3. The fraction of sp³-hybridized carbons (Fsp3) is 0.176. The standard InChI is InChI=1S/C17H16FN7O/c18-12-3-1-11(2-4-12)14-7-15(24-23-14)17(26)22-13-5-6-16(20-8-13)25-10-19-9-21-25/h1-6,8-10,14-15,23-24H,7H2,(H,22,26). The summed E-state index contributed by atoms with van der Waals surface area (Å²) in [4.78, 5) is 20.5. The Morgan fingerprint density at radius 3 is 2.73 bits per heavy atom. The molecule has 4 rings (SSSR count). The van der Waals surface area contributed by atoms with Gasteiger partial charge in [-0.05, 0) is 36.2 Å². The van der Waals surface area contributed by atoms with Crippen LogP contribution in [0.3, 0.4) is 0 Å². The molecule has 3 N–H and O–H groups in total. The summed E-state index contributed by atoms with van der Waals surface area (Å²) in [6.07, 6.45) is 5.09. The maximum atomic E-state index is 13.0. The first-order valence-corrected chi connectivity index (χ1v) is 8.07. The SMILES string of the molecule is O=C(Nc1ccc(-n2cncn2)nc1)C1CC(c2ccc(F)cc2)NN1. The lowest BCUT2D eigenvalue weighted by Crippen LogP contribution is -2.39. The van der Waals surface area contributed by atoms with Crippen molar-refractivity contribution >= 4 is 11.6 Å². The predicted molar refractivity (Wildman–Crippen MR) is 91.6 cm³/mol. The zero-order valence-corrected chi connectivity index (χ0v) is 13.6. The van der Waals surface area contributed by atoms with Gasteiger partial charge in [0.1, 0.15) is 24.5 Å². The average molecular weight is 353 g/mol. The van der Waals surface area contributed by atoms with E-state index in [0.717, 1.165) is 5.56 Å². The molecule has 9 heteroatoms. The number of anilines is 1. The lowest BCUT2D eigenvalue weighted by atomic mass is 10.0. The van der Waals surface area contributed by atoms with Gasteiger partial charge in [0.05, 0.1) is 11.9 Å². The van der Waals surface area contributed by atoms with Crippen molar-refractivity contribution in [1.82, 2.24) is 30.6 Å². The monoisotopic (exact) mass is 353 g/mol. The van der Waals surface area contributed by atoms with Gasteiger partial charge in [0.15, 0.2) is 5.82 Å². The Bertz CT molecular complexity index is 880. The van der Waals surface area contributed by atoms with Gasteiger partial charge in [-0.25, -0.2) is 29.9 Å². The van der Waals surface area contributed by atoms with Crippen molar-refractivity contribution in [1.29, 1.82) is 0 Å². The molecule has 1 saturated heterocycles. The van der Waals surface area contributed by atoms with E-state index in [9.17, 15) is 9.18 Å². The molecule has 1 fully saturated rings. The number of benzene rings is 1. The van der Waals surface area contributed by atoms with E-state index in [-0.39, 0.29) is 17.8 Å². The summed E-state index contributed by atoms with van der Waals surface area (Å²) in [6.45, 7) is 0. The topological polar surface area (TPSA) is 96.8 Å².